The van der Waals surface area contributed by atoms with Gasteiger partial charge in [0.2, 0.25) is 0 Å². The first kappa shape index (κ1) is 10.1. The van der Waals surface area contributed by atoms with Gasteiger partial charge >= 0.3 is 0 Å². The number of pyridine rings is 1. The Labute approximate surface area is 85.9 Å². The van der Waals surface area contributed by atoms with E-state index in [0.717, 1.165) is 6.20 Å². The molecule has 0 aromatic carbocycles. The molecule has 0 aliphatic rings. The van der Waals surface area contributed by atoms with Crippen molar-refractivity contribution in [2.75, 3.05) is 0 Å². The van der Waals surface area contributed by atoms with Gasteiger partial charge in [0, 0.05) is 17.8 Å². The van der Waals surface area contributed by atoms with Crippen LogP contribution in [0.25, 0.3) is 11.0 Å². The lowest BCUT2D eigenvalue weighted by Crippen LogP contribution is -2.24. The number of hydrogen-bond donors (Lipinski definition) is 3. The standard InChI is InChI=1S/C10H12FN3O/c1-5(12)10(15)9-3-7-8(14-9)2-6(11)4-13-7/h2-5,10,14-15H,12H2,1H3. The molecular formula is C10H12FN3O. The molecule has 0 fully saturated rings. The number of rotatable bonds is 2. The second-order valence-electron chi connectivity index (χ2n) is 3.61. The largest absolute Gasteiger partial charge is 0.385 e. The number of fused-ring (bicyclic) bond motifs is 1. The van der Waals surface area contributed by atoms with E-state index in [2.05, 4.69) is 9.97 Å². The maximum absolute atomic E-state index is 12.8. The Balaban J connectivity index is 2.47. The molecule has 2 aromatic heterocycles. The third-order valence-corrected chi connectivity index (χ3v) is 2.27. The first-order valence-corrected chi connectivity index (χ1v) is 4.66. The average molecular weight is 209 g/mol. The van der Waals surface area contributed by atoms with Crippen LogP contribution in [-0.2, 0) is 0 Å². The molecular weight excluding hydrogens is 197 g/mol. The van der Waals surface area contributed by atoms with Crippen molar-refractivity contribution in [3.05, 3.63) is 29.8 Å². The number of nitrogens with zero attached hydrogens (tertiary/aromatic N) is 1. The summed E-state index contributed by atoms with van der Waals surface area (Å²) in [6.07, 6.45) is 0.348. The molecule has 0 radical (unpaired) electrons. The van der Waals surface area contributed by atoms with E-state index in [9.17, 15) is 9.50 Å². The molecule has 2 heterocycles. The molecule has 4 N–H and O–H groups in total. The number of aliphatic hydroxyl groups is 1. The number of halogens is 1. The minimum atomic E-state index is -0.790. The molecule has 15 heavy (non-hydrogen) atoms. The van der Waals surface area contributed by atoms with E-state index in [1.807, 2.05) is 0 Å². The van der Waals surface area contributed by atoms with Crippen molar-refractivity contribution in [1.82, 2.24) is 9.97 Å². The van der Waals surface area contributed by atoms with Gasteiger partial charge in [0.1, 0.15) is 11.9 Å². The van der Waals surface area contributed by atoms with Crippen LogP contribution in [-0.4, -0.2) is 21.1 Å². The van der Waals surface area contributed by atoms with Gasteiger partial charge in [-0.1, -0.05) is 0 Å². The molecule has 0 aliphatic carbocycles. The third-order valence-electron chi connectivity index (χ3n) is 2.27. The van der Waals surface area contributed by atoms with Crippen LogP contribution in [0.3, 0.4) is 0 Å². The predicted octanol–water partition coefficient (Wildman–Crippen LogP) is 1.08. The molecule has 0 bridgehead atoms. The second-order valence-corrected chi connectivity index (χ2v) is 3.61. The first-order valence-electron chi connectivity index (χ1n) is 4.66. The monoisotopic (exact) mass is 209 g/mol. The molecule has 80 valence electrons. The quantitative estimate of drug-likeness (QED) is 0.692. The molecule has 5 heteroatoms. The molecule has 0 spiro atoms. The molecule has 2 aromatic rings. The summed E-state index contributed by atoms with van der Waals surface area (Å²) in [6, 6.07) is 2.62. The van der Waals surface area contributed by atoms with Gasteiger partial charge in [-0.25, -0.2) is 4.39 Å². The maximum Gasteiger partial charge on any atom is 0.143 e. The fourth-order valence-electron chi connectivity index (χ4n) is 1.45. The zero-order valence-corrected chi connectivity index (χ0v) is 8.24. The molecule has 2 atom stereocenters. The third kappa shape index (κ3) is 1.84. The van der Waals surface area contributed by atoms with E-state index in [4.69, 9.17) is 5.73 Å². The minimum Gasteiger partial charge on any atom is -0.385 e. The first-order chi connectivity index (χ1) is 7.08. The summed E-state index contributed by atoms with van der Waals surface area (Å²) in [4.78, 5) is 6.77. The highest BCUT2D eigenvalue weighted by molar-refractivity contribution is 5.75. The summed E-state index contributed by atoms with van der Waals surface area (Å²) >= 11 is 0. The summed E-state index contributed by atoms with van der Waals surface area (Å²) in [5.74, 6) is -0.411. The fraction of sp³-hybridized carbons (Fsp3) is 0.300. The Kier molecular flexibility index (Phi) is 2.42. The number of aromatic amines is 1. The van der Waals surface area contributed by atoms with Crippen molar-refractivity contribution < 1.29 is 9.50 Å². The van der Waals surface area contributed by atoms with Gasteiger partial charge in [0.25, 0.3) is 0 Å². The van der Waals surface area contributed by atoms with Crippen LogP contribution in [0.1, 0.15) is 18.7 Å². The van der Waals surface area contributed by atoms with Gasteiger partial charge in [-0.2, -0.15) is 0 Å². The normalized spacial score (nSPS) is 15.5. The van der Waals surface area contributed by atoms with Crippen LogP contribution in [0.5, 0.6) is 0 Å². The Hall–Kier alpha value is -1.46. The highest BCUT2D eigenvalue weighted by atomic mass is 19.1. The van der Waals surface area contributed by atoms with E-state index < -0.39 is 11.9 Å². The molecule has 2 rings (SSSR count). The number of nitrogens with one attached hydrogen (secondary N) is 1. The highest BCUT2D eigenvalue weighted by Crippen LogP contribution is 2.20. The van der Waals surface area contributed by atoms with Crippen LogP contribution in [0.4, 0.5) is 4.39 Å². The van der Waals surface area contributed by atoms with E-state index >= 15 is 0 Å². The minimum absolute atomic E-state index is 0.386. The predicted molar refractivity (Wildman–Crippen MR) is 54.7 cm³/mol. The van der Waals surface area contributed by atoms with Gasteiger partial charge in [0.05, 0.1) is 17.2 Å². The van der Waals surface area contributed by atoms with Crippen molar-refractivity contribution in [2.45, 2.75) is 19.1 Å². The van der Waals surface area contributed by atoms with Crippen LogP contribution < -0.4 is 5.73 Å². The van der Waals surface area contributed by atoms with Crippen molar-refractivity contribution in [3.63, 3.8) is 0 Å². The second kappa shape index (κ2) is 3.60. The van der Waals surface area contributed by atoms with Gasteiger partial charge in [-0.05, 0) is 13.0 Å². The molecule has 0 aliphatic heterocycles. The zero-order chi connectivity index (χ0) is 11.0. The number of hydrogen-bond acceptors (Lipinski definition) is 3. The Morgan fingerprint density at radius 3 is 2.93 bits per heavy atom. The van der Waals surface area contributed by atoms with Gasteiger partial charge in [0.15, 0.2) is 0 Å². The van der Waals surface area contributed by atoms with E-state index in [-0.39, 0.29) is 6.04 Å². The maximum atomic E-state index is 12.8. The number of aromatic nitrogens is 2. The Bertz CT molecular complexity index is 480. The van der Waals surface area contributed by atoms with Crippen molar-refractivity contribution in [2.24, 2.45) is 5.73 Å². The van der Waals surface area contributed by atoms with E-state index in [1.165, 1.54) is 6.07 Å². The fourth-order valence-corrected chi connectivity index (χ4v) is 1.45. The number of nitrogens with two attached hydrogens (primary N) is 1. The summed E-state index contributed by atoms with van der Waals surface area (Å²) in [5, 5.41) is 9.69. The molecule has 4 nitrogen and oxygen atoms in total. The van der Waals surface area contributed by atoms with Crippen LogP contribution >= 0.6 is 0 Å². The lowest BCUT2D eigenvalue weighted by molar-refractivity contribution is 0.149. The van der Waals surface area contributed by atoms with Crippen LogP contribution in [0.2, 0.25) is 0 Å². The van der Waals surface area contributed by atoms with Gasteiger partial charge in [-0.3, -0.25) is 4.98 Å². The number of aliphatic hydroxyl groups excluding tert-OH is 1. The summed E-state index contributed by atoms with van der Waals surface area (Å²) in [5.41, 5.74) is 7.29. The number of H-pyrrole nitrogens is 1. The molecule has 2 unspecified atom stereocenters. The van der Waals surface area contributed by atoms with E-state index in [0.29, 0.717) is 16.7 Å². The summed E-state index contributed by atoms with van der Waals surface area (Å²) in [6.45, 7) is 1.70. The van der Waals surface area contributed by atoms with Crippen LogP contribution in [0.15, 0.2) is 18.3 Å². The molecule has 0 saturated heterocycles. The van der Waals surface area contributed by atoms with Crippen LogP contribution in [0, 0.1) is 5.82 Å². The highest BCUT2D eigenvalue weighted by Gasteiger charge is 2.15. The van der Waals surface area contributed by atoms with Gasteiger partial charge < -0.3 is 15.8 Å². The van der Waals surface area contributed by atoms with Crippen molar-refractivity contribution in [1.29, 1.82) is 0 Å². The SMILES string of the molecule is CC(N)C(O)c1cc2ncc(F)cc2[nH]1. The summed E-state index contributed by atoms with van der Waals surface area (Å²) < 4.78 is 12.8. The molecule has 0 saturated carbocycles. The topological polar surface area (TPSA) is 74.9 Å². The average Bonchev–Trinajstić information content (AvgIpc) is 2.58. The van der Waals surface area contributed by atoms with Crippen molar-refractivity contribution in [3.8, 4) is 0 Å². The van der Waals surface area contributed by atoms with Gasteiger partial charge in [-0.15, -0.1) is 0 Å². The Morgan fingerprint density at radius 1 is 1.53 bits per heavy atom. The molecule has 0 amide bonds. The Morgan fingerprint density at radius 2 is 2.27 bits per heavy atom. The zero-order valence-electron chi connectivity index (χ0n) is 8.24. The van der Waals surface area contributed by atoms with E-state index in [1.54, 1.807) is 13.0 Å². The lowest BCUT2D eigenvalue weighted by atomic mass is 10.1. The lowest BCUT2D eigenvalue weighted by Gasteiger charge is -2.11. The van der Waals surface area contributed by atoms with Crippen molar-refractivity contribution >= 4 is 11.0 Å². The summed E-state index contributed by atoms with van der Waals surface area (Å²) in [7, 11) is 0. The smallest absolute Gasteiger partial charge is 0.143 e.